The average molecular weight is 372 g/mol. The van der Waals surface area contributed by atoms with Gasteiger partial charge in [-0.3, -0.25) is 9.59 Å². The molecule has 1 N–H and O–H groups in total. The molecule has 0 aliphatic rings. The summed E-state index contributed by atoms with van der Waals surface area (Å²) in [5, 5.41) is 2.77. The fourth-order valence-electron chi connectivity index (χ4n) is 2.37. The predicted octanol–water partition coefficient (Wildman–Crippen LogP) is 2.10. The molecule has 27 heavy (non-hydrogen) atoms. The van der Waals surface area contributed by atoms with Crippen LogP contribution in [0.25, 0.3) is 0 Å². The molecule has 0 saturated carbocycles. The fourth-order valence-corrected chi connectivity index (χ4v) is 2.37. The Morgan fingerprint density at radius 2 is 1.70 bits per heavy atom. The number of carbonyl (C=O) groups excluding carboxylic acids is 2. The second-order valence-electron chi connectivity index (χ2n) is 5.95. The first-order valence-electron chi connectivity index (χ1n) is 8.37. The minimum absolute atomic E-state index is 0.232. The molecule has 0 radical (unpaired) electrons. The summed E-state index contributed by atoms with van der Waals surface area (Å²) >= 11 is 0. The van der Waals surface area contributed by atoms with Crippen LogP contribution in [0, 0.1) is 0 Å². The monoisotopic (exact) mass is 372 g/mol. The molecule has 7 nitrogen and oxygen atoms in total. The highest BCUT2D eigenvalue weighted by molar-refractivity contribution is 5.97. The molecule has 2 rings (SSSR count). The Morgan fingerprint density at radius 1 is 1.00 bits per heavy atom. The van der Waals surface area contributed by atoms with Gasteiger partial charge in [0.2, 0.25) is 0 Å². The number of methoxy groups -OCH3 is 2. The number of hydrogen-bond donors (Lipinski definition) is 1. The van der Waals surface area contributed by atoms with Crippen LogP contribution in [-0.4, -0.2) is 51.6 Å². The minimum atomic E-state index is -0.306. The lowest BCUT2D eigenvalue weighted by Crippen LogP contribution is -2.29. The molecule has 0 heterocycles. The highest BCUT2D eigenvalue weighted by atomic mass is 16.5. The molecule has 2 aromatic rings. The Kier molecular flexibility index (Phi) is 7.05. The molecule has 0 saturated heterocycles. The second kappa shape index (κ2) is 9.47. The highest BCUT2D eigenvalue weighted by Gasteiger charge is 2.19. The molecule has 0 aliphatic carbocycles. The Bertz CT molecular complexity index is 787. The summed E-state index contributed by atoms with van der Waals surface area (Å²) in [4.78, 5) is 25.9. The van der Waals surface area contributed by atoms with E-state index in [4.69, 9.17) is 14.2 Å². The van der Waals surface area contributed by atoms with Gasteiger partial charge in [0.25, 0.3) is 11.8 Å². The van der Waals surface area contributed by atoms with Gasteiger partial charge >= 0.3 is 0 Å². The molecule has 7 heteroatoms. The number of carbonyl (C=O) groups is 2. The Labute approximate surface area is 158 Å². The van der Waals surface area contributed by atoms with Gasteiger partial charge in [0, 0.05) is 20.6 Å². The molecule has 0 fully saturated rings. The van der Waals surface area contributed by atoms with Crippen LogP contribution >= 0.6 is 0 Å². The van der Waals surface area contributed by atoms with Crippen molar-refractivity contribution < 1.29 is 23.8 Å². The largest absolute Gasteiger partial charge is 0.497 e. The van der Waals surface area contributed by atoms with Crippen molar-refractivity contribution in [1.82, 2.24) is 10.2 Å². The summed E-state index contributed by atoms with van der Waals surface area (Å²) in [6.45, 7) is 0.131. The van der Waals surface area contributed by atoms with Crippen molar-refractivity contribution in [2.75, 3.05) is 34.9 Å². The molecular weight excluding hydrogens is 348 g/mol. The zero-order chi connectivity index (χ0) is 19.8. The first kappa shape index (κ1) is 20.1. The van der Waals surface area contributed by atoms with Crippen molar-refractivity contribution in [3.63, 3.8) is 0 Å². The topological polar surface area (TPSA) is 77.1 Å². The number of benzene rings is 2. The van der Waals surface area contributed by atoms with Crippen LogP contribution in [0.5, 0.6) is 17.2 Å². The number of ether oxygens (including phenoxy) is 3. The van der Waals surface area contributed by atoms with Gasteiger partial charge in [-0.1, -0.05) is 18.2 Å². The Balaban J connectivity index is 2.00. The van der Waals surface area contributed by atoms with Gasteiger partial charge in [-0.2, -0.15) is 0 Å². The highest BCUT2D eigenvalue weighted by Crippen LogP contribution is 2.31. The number of nitrogens with one attached hydrogen (secondary N) is 1. The smallest absolute Gasteiger partial charge is 0.258 e. The van der Waals surface area contributed by atoms with E-state index in [9.17, 15) is 9.59 Å². The third-order valence-corrected chi connectivity index (χ3v) is 3.83. The van der Waals surface area contributed by atoms with Gasteiger partial charge in [-0.15, -0.1) is 0 Å². The molecule has 0 aromatic heterocycles. The fraction of sp³-hybridized carbons (Fsp3) is 0.300. The van der Waals surface area contributed by atoms with Crippen molar-refractivity contribution in [2.24, 2.45) is 0 Å². The van der Waals surface area contributed by atoms with Crippen molar-refractivity contribution in [3.8, 4) is 17.2 Å². The molecular formula is C20H24N2O5. The zero-order valence-electron chi connectivity index (χ0n) is 15.9. The summed E-state index contributed by atoms with van der Waals surface area (Å²) in [5.41, 5.74) is 1.27. The van der Waals surface area contributed by atoms with Gasteiger partial charge in [0.1, 0.15) is 5.75 Å². The molecule has 0 aliphatic heterocycles. The number of amides is 2. The maximum atomic E-state index is 12.3. The van der Waals surface area contributed by atoms with Gasteiger partial charge in [0.05, 0.1) is 19.8 Å². The third-order valence-electron chi connectivity index (χ3n) is 3.83. The number of nitrogens with zero attached hydrogens (tertiary/aromatic N) is 1. The summed E-state index contributed by atoms with van der Waals surface area (Å²) in [6, 6.07) is 12.4. The van der Waals surface area contributed by atoms with Crippen LogP contribution < -0.4 is 19.5 Å². The quantitative estimate of drug-likeness (QED) is 0.768. The maximum absolute atomic E-state index is 12.3. The van der Waals surface area contributed by atoms with Crippen molar-refractivity contribution in [3.05, 3.63) is 53.6 Å². The summed E-state index contributed by atoms with van der Waals surface area (Å²) in [5.74, 6) is 0.856. The van der Waals surface area contributed by atoms with Crippen LogP contribution in [0.3, 0.4) is 0 Å². The zero-order valence-corrected chi connectivity index (χ0v) is 15.9. The third kappa shape index (κ3) is 5.37. The van der Waals surface area contributed by atoms with E-state index in [0.717, 1.165) is 11.3 Å². The van der Waals surface area contributed by atoms with E-state index < -0.39 is 0 Å². The number of hydrogen-bond acceptors (Lipinski definition) is 5. The van der Waals surface area contributed by atoms with E-state index in [0.29, 0.717) is 17.9 Å². The molecule has 0 spiro atoms. The lowest BCUT2D eigenvalue weighted by Gasteiger charge is -2.17. The van der Waals surface area contributed by atoms with Gasteiger partial charge < -0.3 is 24.4 Å². The first-order valence-corrected chi connectivity index (χ1v) is 8.37. The normalized spacial score (nSPS) is 10.1. The summed E-state index contributed by atoms with van der Waals surface area (Å²) in [7, 11) is 6.37. The van der Waals surface area contributed by atoms with Crippen LogP contribution in [0.2, 0.25) is 0 Å². The van der Waals surface area contributed by atoms with E-state index in [2.05, 4.69) is 5.32 Å². The van der Waals surface area contributed by atoms with Crippen molar-refractivity contribution in [1.29, 1.82) is 0 Å². The van der Waals surface area contributed by atoms with Crippen LogP contribution in [0.4, 0.5) is 0 Å². The van der Waals surface area contributed by atoms with E-state index >= 15 is 0 Å². The number of rotatable bonds is 8. The molecule has 2 aromatic carbocycles. The Morgan fingerprint density at radius 3 is 2.30 bits per heavy atom. The number of para-hydroxylation sites is 1. The molecule has 0 atom stereocenters. The lowest BCUT2D eigenvalue weighted by molar-refractivity contribution is -0.123. The Hall–Kier alpha value is -3.22. The van der Waals surface area contributed by atoms with E-state index in [1.165, 1.54) is 12.0 Å². The van der Waals surface area contributed by atoms with Crippen LogP contribution in [-0.2, 0) is 11.3 Å². The molecule has 0 unspecified atom stereocenters. The van der Waals surface area contributed by atoms with Crippen LogP contribution in [0.15, 0.2) is 42.5 Å². The predicted molar refractivity (Wildman–Crippen MR) is 101 cm³/mol. The molecule has 144 valence electrons. The summed E-state index contributed by atoms with van der Waals surface area (Å²) < 4.78 is 16.0. The van der Waals surface area contributed by atoms with E-state index in [-0.39, 0.29) is 24.2 Å². The van der Waals surface area contributed by atoms with Crippen molar-refractivity contribution in [2.45, 2.75) is 6.54 Å². The van der Waals surface area contributed by atoms with E-state index in [1.807, 2.05) is 24.3 Å². The second-order valence-corrected chi connectivity index (χ2v) is 5.95. The lowest BCUT2D eigenvalue weighted by atomic mass is 10.1. The molecule has 0 bridgehead atoms. The SMILES string of the molecule is COc1ccc(CNC(=O)COc2c(OC)cccc2C(=O)N(C)C)cc1. The van der Waals surface area contributed by atoms with E-state index in [1.54, 1.807) is 39.4 Å². The maximum Gasteiger partial charge on any atom is 0.258 e. The average Bonchev–Trinajstić information content (AvgIpc) is 2.70. The minimum Gasteiger partial charge on any atom is -0.497 e. The van der Waals surface area contributed by atoms with Crippen molar-refractivity contribution >= 4 is 11.8 Å². The molecule has 2 amide bonds. The first-order chi connectivity index (χ1) is 13.0. The standard InChI is InChI=1S/C20H24N2O5/c1-22(2)20(24)16-6-5-7-17(26-4)19(16)27-13-18(23)21-12-14-8-10-15(25-3)11-9-14/h5-11H,12-13H2,1-4H3,(H,21,23). The van der Waals surface area contributed by atoms with Gasteiger partial charge in [-0.05, 0) is 29.8 Å². The van der Waals surface area contributed by atoms with Crippen LogP contribution in [0.1, 0.15) is 15.9 Å². The summed E-state index contributed by atoms with van der Waals surface area (Å²) in [6.07, 6.45) is 0. The van der Waals surface area contributed by atoms with Gasteiger partial charge in [0.15, 0.2) is 18.1 Å². The van der Waals surface area contributed by atoms with Gasteiger partial charge in [-0.25, -0.2) is 0 Å².